The van der Waals surface area contributed by atoms with E-state index in [1.807, 2.05) is 76.2 Å². The minimum absolute atomic E-state index is 0.0341. The van der Waals surface area contributed by atoms with Crippen LogP contribution in [0.5, 0.6) is 0 Å². The van der Waals surface area contributed by atoms with Crippen molar-refractivity contribution in [3.05, 3.63) is 89.7 Å². The van der Waals surface area contributed by atoms with E-state index in [-0.39, 0.29) is 53.4 Å². The van der Waals surface area contributed by atoms with Crippen LogP contribution in [0.15, 0.2) is 72.8 Å². The van der Waals surface area contributed by atoms with Crippen molar-refractivity contribution in [2.45, 2.75) is 102 Å². The van der Waals surface area contributed by atoms with E-state index < -0.39 is 24.2 Å². The first-order chi connectivity index (χ1) is 25.8. The quantitative estimate of drug-likeness (QED) is 0.196. The first-order valence-electron chi connectivity index (χ1n) is 19.3. The standard InChI is InChI=1S/C42H54FN7O4/c1-25(2)37(44)41(53)48-21-7-13-35(48)39(51)46-30-11-5-9-27(23-30)33-19-20-34(50(33)32-17-15-29(43)16-18-32)28-10-6-12-31(24-28)47-40(52)36-14-8-22-49(36)42(54)38(45)26(3)4/h5-6,9-12,15-18,23-26,33-38H,7-8,13-14,19-22,44-45H2,1-4H3,(H,46,51)(H,47,52)/t33-,34-,35-,36-,37+,38+/m1/s1. The Labute approximate surface area is 317 Å². The topological polar surface area (TPSA) is 154 Å². The van der Waals surface area contributed by atoms with E-state index in [9.17, 15) is 23.6 Å². The number of rotatable bonds is 11. The van der Waals surface area contributed by atoms with Gasteiger partial charge < -0.3 is 36.8 Å². The van der Waals surface area contributed by atoms with Gasteiger partial charge in [0, 0.05) is 30.2 Å². The van der Waals surface area contributed by atoms with Gasteiger partial charge in [-0.3, -0.25) is 19.2 Å². The van der Waals surface area contributed by atoms with Crippen LogP contribution in [0.3, 0.4) is 0 Å². The third kappa shape index (κ3) is 8.29. The average Bonchev–Trinajstić information content (AvgIpc) is 3.95. The number of benzene rings is 3. The molecule has 3 saturated heterocycles. The molecule has 0 unspecified atom stereocenters. The van der Waals surface area contributed by atoms with Crippen molar-refractivity contribution in [2.24, 2.45) is 23.3 Å². The number of amides is 4. The highest BCUT2D eigenvalue weighted by atomic mass is 19.1. The Morgan fingerprint density at radius 2 is 1.07 bits per heavy atom. The summed E-state index contributed by atoms with van der Waals surface area (Å²) in [6, 6.07) is 19.3. The summed E-state index contributed by atoms with van der Waals surface area (Å²) in [4.78, 5) is 58.8. The molecule has 6 N–H and O–H groups in total. The third-order valence-corrected chi connectivity index (χ3v) is 11.3. The molecule has 4 amide bonds. The molecule has 3 aromatic rings. The third-order valence-electron chi connectivity index (χ3n) is 11.3. The van der Waals surface area contributed by atoms with Crippen molar-refractivity contribution >= 4 is 40.7 Å². The summed E-state index contributed by atoms with van der Waals surface area (Å²) >= 11 is 0. The molecule has 3 aliphatic heterocycles. The number of hydrogen-bond acceptors (Lipinski definition) is 7. The Morgan fingerprint density at radius 3 is 1.48 bits per heavy atom. The number of halogens is 1. The van der Waals surface area contributed by atoms with Crippen molar-refractivity contribution in [1.82, 2.24) is 9.80 Å². The number of hydrogen-bond donors (Lipinski definition) is 4. The van der Waals surface area contributed by atoms with Gasteiger partial charge in [0.05, 0.1) is 24.2 Å². The van der Waals surface area contributed by atoms with Crippen LogP contribution in [0, 0.1) is 17.7 Å². The second-order valence-corrected chi connectivity index (χ2v) is 15.6. The van der Waals surface area contributed by atoms with E-state index in [0.29, 0.717) is 37.3 Å². The zero-order chi connectivity index (χ0) is 38.7. The SMILES string of the molecule is CC(C)[C@H](N)C(=O)N1CCC[C@@H]1C(=O)Nc1cccc([C@H]2CC[C@H](c3cccc(NC(=O)[C@H]4CCCN4C(=O)[C@@H](N)C(C)C)c3)N2c2ccc(F)cc2)c1. The van der Waals surface area contributed by atoms with Gasteiger partial charge in [-0.15, -0.1) is 0 Å². The Morgan fingerprint density at radius 1 is 0.648 bits per heavy atom. The van der Waals surface area contributed by atoms with Gasteiger partial charge in [0.25, 0.3) is 0 Å². The van der Waals surface area contributed by atoms with Crippen molar-refractivity contribution in [2.75, 3.05) is 28.6 Å². The molecule has 6 rings (SSSR count). The summed E-state index contributed by atoms with van der Waals surface area (Å²) in [5, 5.41) is 6.13. The molecule has 0 aromatic heterocycles. The predicted molar refractivity (Wildman–Crippen MR) is 209 cm³/mol. The fourth-order valence-electron chi connectivity index (χ4n) is 8.10. The maximum absolute atomic E-state index is 14.2. The van der Waals surface area contributed by atoms with Gasteiger partial charge in [0.1, 0.15) is 17.9 Å². The Hall–Kier alpha value is -4.81. The van der Waals surface area contributed by atoms with Crippen molar-refractivity contribution < 1.29 is 23.6 Å². The van der Waals surface area contributed by atoms with Gasteiger partial charge in [-0.25, -0.2) is 4.39 Å². The molecule has 0 radical (unpaired) electrons. The van der Waals surface area contributed by atoms with E-state index in [0.717, 1.165) is 42.5 Å². The molecule has 54 heavy (non-hydrogen) atoms. The number of anilines is 3. The fourth-order valence-corrected chi connectivity index (χ4v) is 8.10. The average molecular weight is 740 g/mol. The van der Waals surface area contributed by atoms with E-state index in [2.05, 4.69) is 15.5 Å². The lowest BCUT2D eigenvalue weighted by molar-refractivity contribution is -0.138. The van der Waals surface area contributed by atoms with E-state index in [1.54, 1.807) is 21.9 Å². The van der Waals surface area contributed by atoms with Crippen LogP contribution in [0.2, 0.25) is 0 Å². The summed E-state index contributed by atoms with van der Waals surface area (Å²) in [7, 11) is 0. The van der Waals surface area contributed by atoms with Crippen LogP contribution in [0.25, 0.3) is 0 Å². The lowest BCUT2D eigenvalue weighted by Gasteiger charge is -2.34. The number of nitrogens with one attached hydrogen (secondary N) is 2. The second kappa shape index (κ2) is 16.7. The molecule has 11 nitrogen and oxygen atoms in total. The summed E-state index contributed by atoms with van der Waals surface area (Å²) in [6.07, 6.45) is 4.19. The highest BCUT2D eigenvalue weighted by Crippen LogP contribution is 2.47. The molecule has 12 heteroatoms. The van der Waals surface area contributed by atoms with Gasteiger partial charge in [-0.2, -0.15) is 0 Å². The molecule has 0 bridgehead atoms. The second-order valence-electron chi connectivity index (χ2n) is 15.6. The highest BCUT2D eigenvalue weighted by Gasteiger charge is 2.39. The molecule has 0 aliphatic carbocycles. The number of carbonyl (C=O) groups excluding carboxylic acids is 4. The summed E-state index contributed by atoms with van der Waals surface area (Å²) in [5.74, 6) is -1.27. The van der Waals surface area contributed by atoms with Crippen LogP contribution in [-0.4, -0.2) is 70.7 Å². The molecule has 3 fully saturated rings. The molecule has 288 valence electrons. The number of nitrogens with two attached hydrogens (primary N) is 2. The molecule has 3 aromatic carbocycles. The van der Waals surface area contributed by atoms with Crippen molar-refractivity contribution in [3.63, 3.8) is 0 Å². The largest absolute Gasteiger partial charge is 0.357 e. The smallest absolute Gasteiger partial charge is 0.247 e. The molecular formula is C42H54FN7O4. The molecular weight excluding hydrogens is 686 g/mol. The number of nitrogens with zero attached hydrogens (tertiary/aromatic N) is 3. The van der Waals surface area contributed by atoms with Crippen LogP contribution in [-0.2, 0) is 19.2 Å². The molecule has 0 spiro atoms. The zero-order valence-electron chi connectivity index (χ0n) is 31.7. The van der Waals surface area contributed by atoms with Crippen LogP contribution >= 0.6 is 0 Å². The summed E-state index contributed by atoms with van der Waals surface area (Å²) in [5.41, 5.74) is 16.4. The number of carbonyl (C=O) groups is 4. The van der Waals surface area contributed by atoms with Gasteiger partial charge in [-0.1, -0.05) is 52.0 Å². The monoisotopic (exact) mass is 739 g/mol. The maximum atomic E-state index is 14.2. The van der Waals surface area contributed by atoms with E-state index in [4.69, 9.17) is 11.5 Å². The van der Waals surface area contributed by atoms with Gasteiger partial charge >= 0.3 is 0 Å². The molecule has 6 atom stereocenters. The van der Waals surface area contributed by atoms with Crippen LogP contribution in [0.1, 0.15) is 89.4 Å². The first-order valence-corrected chi connectivity index (χ1v) is 19.3. The number of likely N-dealkylation sites (tertiary alicyclic amines) is 2. The minimum atomic E-state index is -0.659. The van der Waals surface area contributed by atoms with Crippen molar-refractivity contribution in [3.8, 4) is 0 Å². The fraction of sp³-hybridized carbons (Fsp3) is 0.476. The van der Waals surface area contributed by atoms with Gasteiger partial charge in [-0.05, 0) is 110 Å². The van der Waals surface area contributed by atoms with Gasteiger partial charge in [0.15, 0.2) is 0 Å². The predicted octanol–water partition coefficient (Wildman–Crippen LogP) is 5.73. The van der Waals surface area contributed by atoms with E-state index >= 15 is 0 Å². The van der Waals surface area contributed by atoms with Gasteiger partial charge in [0.2, 0.25) is 23.6 Å². The van der Waals surface area contributed by atoms with E-state index in [1.165, 1.54) is 12.1 Å². The minimum Gasteiger partial charge on any atom is -0.357 e. The normalized spacial score (nSPS) is 22.5. The lowest BCUT2D eigenvalue weighted by atomic mass is 10.0. The van der Waals surface area contributed by atoms with Crippen LogP contribution < -0.4 is 27.0 Å². The molecule has 0 saturated carbocycles. The Bertz CT molecular complexity index is 1730. The summed E-state index contributed by atoms with van der Waals surface area (Å²) in [6.45, 7) is 8.61. The Kier molecular flexibility index (Phi) is 12.0. The summed E-state index contributed by atoms with van der Waals surface area (Å²) < 4.78 is 14.2. The van der Waals surface area contributed by atoms with Crippen LogP contribution in [0.4, 0.5) is 21.5 Å². The lowest BCUT2D eigenvalue weighted by Crippen LogP contribution is -2.51. The molecule has 3 heterocycles. The zero-order valence-corrected chi connectivity index (χ0v) is 31.7. The first kappa shape index (κ1) is 38.9. The van der Waals surface area contributed by atoms with Crippen molar-refractivity contribution in [1.29, 1.82) is 0 Å². The highest BCUT2D eigenvalue weighted by molar-refractivity contribution is 5.99. The Balaban J connectivity index is 1.21. The molecule has 3 aliphatic rings. The maximum Gasteiger partial charge on any atom is 0.247 e.